The SMILES string of the molecule is CC(=O)Sc1c(C(=O)c2ccc(Cl)cc2Cl)c(C)nn1C. The van der Waals surface area contributed by atoms with E-state index in [9.17, 15) is 9.59 Å². The van der Waals surface area contributed by atoms with Gasteiger partial charge in [0.2, 0.25) is 0 Å². The molecular weight excluding hydrogens is 331 g/mol. The molecule has 0 fully saturated rings. The van der Waals surface area contributed by atoms with Crippen molar-refractivity contribution in [3.63, 3.8) is 0 Å². The van der Waals surface area contributed by atoms with E-state index in [4.69, 9.17) is 23.2 Å². The van der Waals surface area contributed by atoms with Gasteiger partial charge in [-0.2, -0.15) is 5.10 Å². The summed E-state index contributed by atoms with van der Waals surface area (Å²) in [6.45, 7) is 3.16. The summed E-state index contributed by atoms with van der Waals surface area (Å²) in [5, 5.41) is 5.33. The number of hydrogen-bond acceptors (Lipinski definition) is 4. The molecule has 0 unspecified atom stereocenters. The molecule has 110 valence electrons. The molecule has 0 atom stereocenters. The number of hydrogen-bond donors (Lipinski definition) is 0. The fourth-order valence-corrected chi connectivity index (χ4v) is 3.24. The Balaban J connectivity index is 2.55. The molecule has 1 aromatic carbocycles. The lowest BCUT2D eigenvalue weighted by Gasteiger charge is -2.06. The summed E-state index contributed by atoms with van der Waals surface area (Å²) in [6, 6.07) is 4.69. The first kappa shape index (κ1) is 16.1. The lowest BCUT2D eigenvalue weighted by atomic mass is 10.0. The summed E-state index contributed by atoms with van der Waals surface area (Å²) in [6.07, 6.45) is 0. The summed E-state index contributed by atoms with van der Waals surface area (Å²) in [7, 11) is 1.69. The van der Waals surface area contributed by atoms with E-state index in [0.717, 1.165) is 11.8 Å². The van der Waals surface area contributed by atoms with E-state index in [1.807, 2.05) is 0 Å². The molecule has 0 saturated carbocycles. The van der Waals surface area contributed by atoms with Gasteiger partial charge >= 0.3 is 0 Å². The molecule has 7 heteroatoms. The highest BCUT2D eigenvalue weighted by atomic mass is 35.5. The van der Waals surface area contributed by atoms with Crippen molar-refractivity contribution in [1.29, 1.82) is 0 Å². The van der Waals surface area contributed by atoms with Gasteiger partial charge < -0.3 is 0 Å². The molecule has 1 aromatic heterocycles. The van der Waals surface area contributed by atoms with E-state index in [1.54, 1.807) is 26.1 Å². The Labute approximate surface area is 136 Å². The van der Waals surface area contributed by atoms with Crippen LogP contribution in [0.25, 0.3) is 0 Å². The molecule has 0 radical (unpaired) electrons. The molecule has 0 aliphatic rings. The van der Waals surface area contributed by atoms with Gasteiger partial charge in [-0.05, 0) is 36.9 Å². The molecule has 2 rings (SSSR count). The van der Waals surface area contributed by atoms with Crippen molar-refractivity contribution in [3.05, 3.63) is 45.1 Å². The summed E-state index contributed by atoms with van der Waals surface area (Å²) in [4.78, 5) is 24.1. The maximum atomic E-state index is 12.7. The Morgan fingerprint density at radius 1 is 1.29 bits per heavy atom. The van der Waals surface area contributed by atoms with Gasteiger partial charge in [0.25, 0.3) is 0 Å². The molecule has 0 bridgehead atoms. The van der Waals surface area contributed by atoms with Crippen molar-refractivity contribution < 1.29 is 9.59 Å². The van der Waals surface area contributed by atoms with E-state index in [0.29, 0.717) is 26.9 Å². The van der Waals surface area contributed by atoms with E-state index in [1.165, 1.54) is 17.7 Å². The van der Waals surface area contributed by atoms with Crippen molar-refractivity contribution in [2.24, 2.45) is 7.05 Å². The molecular formula is C14H12Cl2N2O2S. The van der Waals surface area contributed by atoms with Crippen LogP contribution in [0.4, 0.5) is 0 Å². The molecule has 0 amide bonds. The topological polar surface area (TPSA) is 52.0 Å². The number of ketones is 1. The third-order valence-corrected chi connectivity index (χ3v) is 4.31. The number of aryl methyl sites for hydroxylation is 2. The Morgan fingerprint density at radius 2 is 1.95 bits per heavy atom. The van der Waals surface area contributed by atoms with E-state index >= 15 is 0 Å². The average Bonchev–Trinajstić information content (AvgIpc) is 2.62. The van der Waals surface area contributed by atoms with Gasteiger partial charge in [-0.15, -0.1) is 0 Å². The Kier molecular flexibility index (Phi) is 4.76. The molecule has 0 N–H and O–H groups in total. The number of rotatable bonds is 3. The van der Waals surface area contributed by atoms with Gasteiger partial charge in [0.05, 0.1) is 16.3 Å². The Bertz CT molecular complexity index is 741. The third-order valence-electron chi connectivity index (χ3n) is 2.81. The van der Waals surface area contributed by atoms with Gasteiger partial charge in [-0.25, -0.2) is 0 Å². The zero-order chi connectivity index (χ0) is 15.7. The van der Waals surface area contributed by atoms with Crippen LogP contribution in [0.1, 0.15) is 28.5 Å². The first-order valence-corrected chi connectivity index (χ1v) is 7.60. The van der Waals surface area contributed by atoms with Crippen molar-refractivity contribution >= 4 is 45.9 Å². The summed E-state index contributed by atoms with van der Waals surface area (Å²) < 4.78 is 1.53. The second kappa shape index (κ2) is 6.22. The molecule has 4 nitrogen and oxygen atoms in total. The van der Waals surface area contributed by atoms with Gasteiger partial charge in [-0.1, -0.05) is 23.2 Å². The molecule has 0 aliphatic heterocycles. The largest absolute Gasteiger partial charge is 0.288 e. The normalized spacial score (nSPS) is 10.7. The predicted octanol–water partition coefficient (Wildman–Crippen LogP) is 3.90. The van der Waals surface area contributed by atoms with Gasteiger partial charge in [-0.3, -0.25) is 14.3 Å². The zero-order valence-electron chi connectivity index (χ0n) is 11.6. The van der Waals surface area contributed by atoms with Crippen LogP contribution in [0.3, 0.4) is 0 Å². The van der Waals surface area contributed by atoms with Crippen LogP contribution >= 0.6 is 35.0 Å². The first-order chi connectivity index (χ1) is 9.81. The van der Waals surface area contributed by atoms with Crippen LogP contribution in [0.15, 0.2) is 23.2 Å². The lowest BCUT2D eigenvalue weighted by molar-refractivity contribution is -0.109. The van der Waals surface area contributed by atoms with Gasteiger partial charge in [0, 0.05) is 24.6 Å². The number of halogens is 2. The van der Waals surface area contributed by atoms with Crippen molar-refractivity contribution in [1.82, 2.24) is 9.78 Å². The quantitative estimate of drug-likeness (QED) is 0.626. The summed E-state index contributed by atoms with van der Waals surface area (Å²) >= 11 is 12.9. The lowest BCUT2D eigenvalue weighted by Crippen LogP contribution is -2.06. The first-order valence-electron chi connectivity index (χ1n) is 6.03. The fraction of sp³-hybridized carbons (Fsp3) is 0.214. The van der Waals surface area contributed by atoms with Gasteiger partial charge in [0.15, 0.2) is 10.9 Å². The second-order valence-electron chi connectivity index (χ2n) is 4.44. The van der Waals surface area contributed by atoms with E-state index in [2.05, 4.69) is 5.10 Å². The van der Waals surface area contributed by atoms with Crippen LogP contribution in [0, 0.1) is 6.92 Å². The molecule has 1 heterocycles. The Hall–Kier alpha value is -1.30. The maximum Gasteiger partial charge on any atom is 0.199 e. The van der Waals surface area contributed by atoms with Crippen LogP contribution in [0.5, 0.6) is 0 Å². The minimum absolute atomic E-state index is 0.116. The molecule has 0 aliphatic carbocycles. The number of carbonyl (C=O) groups excluding carboxylic acids is 2. The van der Waals surface area contributed by atoms with Crippen molar-refractivity contribution in [3.8, 4) is 0 Å². The van der Waals surface area contributed by atoms with Crippen molar-refractivity contribution in [2.75, 3.05) is 0 Å². The average molecular weight is 343 g/mol. The highest BCUT2D eigenvalue weighted by Crippen LogP contribution is 2.30. The molecule has 21 heavy (non-hydrogen) atoms. The van der Waals surface area contributed by atoms with Gasteiger partial charge in [0.1, 0.15) is 5.03 Å². The number of thioether (sulfide) groups is 1. The maximum absolute atomic E-state index is 12.7. The summed E-state index contributed by atoms with van der Waals surface area (Å²) in [5.74, 6) is -0.272. The number of aromatic nitrogens is 2. The number of benzene rings is 1. The highest BCUT2D eigenvalue weighted by Gasteiger charge is 2.24. The number of nitrogens with zero attached hydrogens (tertiary/aromatic N) is 2. The smallest absolute Gasteiger partial charge is 0.199 e. The van der Waals surface area contributed by atoms with Crippen molar-refractivity contribution in [2.45, 2.75) is 18.9 Å². The third kappa shape index (κ3) is 3.31. The summed E-state index contributed by atoms with van der Waals surface area (Å²) in [5.41, 5.74) is 1.28. The second-order valence-corrected chi connectivity index (χ2v) is 6.45. The van der Waals surface area contributed by atoms with E-state index in [-0.39, 0.29) is 15.9 Å². The Morgan fingerprint density at radius 3 is 2.52 bits per heavy atom. The highest BCUT2D eigenvalue weighted by molar-refractivity contribution is 8.13. The molecule has 2 aromatic rings. The zero-order valence-corrected chi connectivity index (χ0v) is 13.9. The minimum Gasteiger partial charge on any atom is -0.288 e. The van der Waals surface area contributed by atoms with Crippen LogP contribution in [-0.2, 0) is 11.8 Å². The minimum atomic E-state index is -0.272. The van der Waals surface area contributed by atoms with Crippen LogP contribution in [-0.4, -0.2) is 20.7 Å². The van der Waals surface area contributed by atoms with Crippen LogP contribution < -0.4 is 0 Å². The standard InChI is InChI=1S/C14H12Cl2N2O2S/c1-7-12(14(18(3)17-7)21-8(2)19)13(20)10-5-4-9(15)6-11(10)16/h4-6H,1-3H3. The number of carbonyl (C=O) groups is 2. The molecule has 0 saturated heterocycles. The van der Waals surface area contributed by atoms with Crippen LogP contribution in [0.2, 0.25) is 10.0 Å². The predicted molar refractivity (Wildman–Crippen MR) is 84.4 cm³/mol. The van der Waals surface area contributed by atoms with E-state index < -0.39 is 0 Å². The fourth-order valence-electron chi connectivity index (χ4n) is 1.96. The monoisotopic (exact) mass is 342 g/mol. The molecule has 0 spiro atoms.